The first-order valence-electron chi connectivity index (χ1n) is 9.33. The van der Waals surface area contributed by atoms with E-state index in [9.17, 15) is 14.4 Å². The van der Waals surface area contributed by atoms with Crippen LogP contribution in [0.5, 0.6) is 11.5 Å². The van der Waals surface area contributed by atoms with Crippen molar-refractivity contribution in [3.63, 3.8) is 0 Å². The van der Waals surface area contributed by atoms with Gasteiger partial charge in [-0.25, -0.2) is 4.79 Å². The zero-order chi connectivity index (χ0) is 21.7. The number of nitrogens with one attached hydrogen (secondary N) is 3. The monoisotopic (exact) mass is 413 g/mol. The quantitative estimate of drug-likeness (QED) is 0.487. The van der Waals surface area contributed by atoms with Crippen molar-refractivity contribution in [2.45, 2.75) is 25.9 Å². The number of aryl methyl sites for hydroxylation is 1. The summed E-state index contributed by atoms with van der Waals surface area (Å²) in [5.41, 5.74) is 2.15. The number of benzene rings is 2. The van der Waals surface area contributed by atoms with Gasteiger partial charge in [0.2, 0.25) is 0 Å². The Hall–Kier alpha value is -3.75. The normalized spacial score (nSPS) is 11.7. The van der Waals surface area contributed by atoms with Crippen LogP contribution in [0.1, 0.15) is 18.9 Å². The molecule has 0 aliphatic rings. The second-order valence-corrected chi connectivity index (χ2v) is 6.61. The average molecular weight is 413 g/mol. The lowest BCUT2D eigenvalue weighted by molar-refractivity contribution is -0.153. The topological polar surface area (TPSA) is 123 Å². The zero-order valence-electron chi connectivity index (χ0n) is 16.9. The van der Waals surface area contributed by atoms with E-state index in [0.29, 0.717) is 34.6 Å². The molecule has 0 spiro atoms. The van der Waals surface area contributed by atoms with Crippen LogP contribution in [0.15, 0.2) is 41.2 Å². The number of anilines is 1. The summed E-state index contributed by atoms with van der Waals surface area (Å²) in [6, 6.07) is 10.4. The molecule has 0 unspecified atom stereocenters. The fourth-order valence-electron chi connectivity index (χ4n) is 3.05. The van der Waals surface area contributed by atoms with E-state index in [1.165, 1.54) is 14.0 Å². The molecule has 9 nitrogen and oxygen atoms in total. The number of carbonyl (C=O) groups is 2. The highest BCUT2D eigenvalue weighted by Crippen LogP contribution is 2.31. The van der Waals surface area contributed by atoms with Crippen LogP contribution < -0.4 is 20.5 Å². The lowest BCUT2D eigenvalue weighted by Crippen LogP contribution is -2.30. The Balaban J connectivity index is 1.55. The van der Waals surface area contributed by atoms with E-state index in [0.717, 1.165) is 5.56 Å². The molecule has 2 aromatic carbocycles. The largest absolute Gasteiger partial charge is 0.493 e. The standard InChI is InChI=1S/C21H23N3O6/c1-12(20(26)22-14-8-9-15-16(11-14)24-21(27)23-15)30-18(25)10-7-13-5-4-6-17(28-2)19(13)29-3/h4-6,8-9,11-12H,7,10H2,1-3H3,(H,22,26)(H2,23,24,27)/t12-/m1/s1. The molecular weight excluding hydrogens is 390 g/mol. The van der Waals surface area contributed by atoms with Crippen LogP contribution in [0.25, 0.3) is 11.0 Å². The Morgan fingerprint density at radius 2 is 1.83 bits per heavy atom. The number of aromatic amines is 2. The van der Waals surface area contributed by atoms with Gasteiger partial charge in [0.25, 0.3) is 5.91 Å². The molecule has 3 rings (SSSR count). The third-order valence-corrected chi connectivity index (χ3v) is 4.54. The minimum Gasteiger partial charge on any atom is -0.493 e. The third kappa shape index (κ3) is 4.80. The van der Waals surface area contributed by atoms with Gasteiger partial charge >= 0.3 is 11.7 Å². The molecule has 1 atom stereocenters. The van der Waals surface area contributed by atoms with Gasteiger partial charge in [0.15, 0.2) is 17.6 Å². The van der Waals surface area contributed by atoms with Crippen LogP contribution in [-0.4, -0.2) is 42.2 Å². The number of fused-ring (bicyclic) bond motifs is 1. The molecule has 0 saturated heterocycles. The Kier molecular flexibility index (Phi) is 6.41. The fraction of sp³-hybridized carbons (Fsp3) is 0.286. The molecule has 158 valence electrons. The Morgan fingerprint density at radius 1 is 1.07 bits per heavy atom. The van der Waals surface area contributed by atoms with E-state index >= 15 is 0 Å². The number of hydrogen-bond acceptors (Lipinski definition) is 6. The maximum Gasteiger partial charge on any atom is 0.323 e. The first-order chi connectivity index (χ1) is 14.4. The summed E-state index contributed by atoms with van der Waals surface area (Å²) in [4.78, 5) is 41.1. The molecule has 0 aliphatic carbocycles. The van der Waals surface area contributed by atoms with Gasteiger partial charge in [-0.05, 0) is 43.2 Å². The molecule has 0 saturated carbocycles. The highest BCUT2D eigenvalue weighted by molar-refractivity contribution is 5.96. The Bertz CT molecular complexity index is 1120. The second-order valence-electron chi connectivity index (χ2n) is 6.61. The van der Waals surface area contributed by atoms with Crippen molar-refractivity contribution < 1.29 is 23.8 Å². The molecule has 3 N–H and O–H groups in total. The van der Waals surface area contributed by atoms with Gasteiger partial charge in [-0.3, -0.25) is 9.59 Å². The van der Waals surface area contributed by atoms with Crippen LogP contribution in [0.3, 0.4) is 0 Å². The van der Waals surface area contributed by atoms with Crippen molar-refractivity contribution in [1.29, 1.82) is 0 Å². The highest BCUT2D eigenvalue weighted by atomic mass is 16.5. The number of amides is 1. The van der Waals surface area contributed by atoms with Crippen LogP contribution in [0, 0.1) is 0 Å². The summed E-state index contributed by atoms with van der Waals surface area (Å²) in [5.74, 6) is 0.168. The van der Waals surface area contributed by atoms with Crippen LogP contribution in [0.2, 0.25) is 0 Å². The summed E-state index contributed by atoms with van der Waals surface area (Å²) in [5, 5.41) is 2.67. The van der Waals surface area contributed by atoms with E-state index in [-0.39, 0.29) is 12.1 Å². The lowest BCUT2D eigenvalue weighted by Gasteiger charge is -2.15. The minimum atomic E-state index is -0.981. The van der Waals surface area contributed by atoms with Crippen molar-refractivity contribution in [3.05, 3.63) is 52.4 Å². The molecule has 0 fully saturated rings. The van der Waals surface area contributed by atoms with Gasteiger partial charge in [-0.15, -0.1) is 0 Å². The van der Waals surface area contributed by atoms with E-state index in [4.69, 9.17) is 14.2 Å². The summed E-state index contributed by atoms with van der Waals surface area (Å²) >= 11 is 0. The van der Waals surface area contributed by atoms with Gasteiger partial charge in [0.05, 0.1) is 25.3 Å². The number of H-pyrrole nitrogens is 2. The summed E-state index contributed by atoms with van der Waals surface area (Å²) in [6.45, 7) is 1.50. The number of para-hydroxylation sites is 1. The molecule has 0 radical (unpaired) electrons. The third-order valence-electron chi connectivity index (χ3n) is 4.54. The zero-order valence-corrected chi connectivity index (χ0v) is 16.9. The van der Waals surface area contributed by atoms with Gasteiger partial charge in [0, 0.05) is 12.1 Å². The molecular formula is C21H23N3O6. The van der Waals surface area contributed by atoms with Gasteiger partial charge in [-0.2, -0.15) is 0 Å². The SMILES string of the molecule is COc1cccc(CCC(=O)O[C@H](C)C(=O)Nc2ccc3[nH]c(=O)[nH]c3c2)c1OC. The number of carbonyl (C=O) groups excluding carboxylic acids is 2. The summed E-state index contributed by atoms with van der Waals surface area (Å²) in [6.07, 6.45) is -0.520. The molecule has 9 heteroatoms. The molecule has 1 amide bonds. The van der Waals surface area contributed by atoms with E-state index in [1.54, 1.807) is 31.4 Å². The van der Waals surface area contributed by atoms with Crippen molar-refractivity contribution in [2.75, 3.05) is 19.5 Å². The summed E-state index contributed by atoms with van der Waals surface area (Å²) < 4.78 is 15.8. The average Bonchev–Trinajstić information content (AvgIpc) is 3.10. The number of aromatic nitrogens is 2. The number of ether oxygens (including phenoxy) is 3. The Labute approximate surface area is 172 Å². The number of esters is 1. The van der Waals surface area contributed by atoms with Crippen molar-refractivity contribution in [1.82, 2.24) is 9.97 Å². The van der Waals surface area contributed by atoms with Crippen LogP contribution >= 0.6 is 0 Å². The smallest absolute Gasteiger partial charge is 0.323 e. The first kappa shape index (κ1) is 21.0. The maximum absolute atomic E-state index is 12.3. The second kappa shape index (κ2) is 9.17. The lowest BCUT2D eigenvalue weighted by atomic mass is 10.1. The van der Waals surface area contributed by atoms with Crippen molar-refractivity contribution in [3.8, 4) is 11.5 Å². The van der Waals surface area contributed by atoms with Gasteiger partial charge < -0.3 is 29.5 Å². The first-order valence-corrected chi connectivity index (χ1v) is 9.33. The van der Waals surface area contributed by atoms with E-state index in [1.807, 2.05) is 12.1 Å². The number of imidazole rings is 1. The van der Waals surface area contributed by atoms with Gasteiger partial charge in [-0.1, -0.05) is 12.1 Å². The van der Waals surface area contributed by atoms with E-state index < -0.39 is 18.0 Å². The predicted molar refractivity (Wildman–Crippen MR) is 111 cm³/mol. The minimum absolute atomic E-state index is 0.0810. The maximum atomic E-state index is 12.3. The van der Waals surface area contributed by atoms with Crippen molar-refractivity contribution in [2.24, 2.45) is 0 Å². The Morgan fingerprint density at radius 3 is 2.57 bits per heavy atom. The number of hydrogen-bond donors (Lipinski definition) is 3. The van der Waals surface area contributed by atoms with E-state index in [2.05, 4.69) is 15.3 Å². The molecule has 3 aromatic rings. The van der Waals surface area contributed by atoms with Crippen LogP contribution in [0.4, 0.5) is 5.69 Å². The molecule has 0 aliphatic heterocycles. The summed E-state index contributed by atoms with van der Waals surface area (Å²) in [7, 11) is 3.08. The van der Waals surface area contributed by atoms with Crippen LogP contribution in [-0.2, 0) is 20.7 Å². The number of methoxy groups -OCH3 is 2. The number of rotatable bonds is 8. The molecule has 1 heterocycles. The molecule has 1 aromatic heterocycles. The molecule has 0 bridgehead atoms. The van der Waals surface area contributed by atoms with Crippen molar-refractivity contribution >= 4 is 28.6 Å². The predicted octanol–water partition coefficient (Wildman–Crippen LogP) is 2.38. The molecule has 30 heavy (non-hydrogen) atoms. The highest BCUT2D eigenvalue weighted by Gasteiger charge is 2.19. The fourth-order valence-corrected chi connectivity index (χ4v) is 3.05. The van der Waals surface area contributed by atoms with Gasteiger partial charge in [0.1, 0.15) is 0 Å².